The summed E-state index contributed by atoms with van der Waals surface area (Å²) in [5.74, 6) is -0.580. The molecule has 1 N–H and O–H groups in total. The first-order valence-electron chi connectivity index (χ1n) is 4.40. The van der Waals surface area contributed by atoms with E-state index in [-0.39, 0.29) is 10.7 Å². The molecule has 0 spiro atoms. The van der Waals surface area contributed by atoms with Crippen molar-refractivity contribution < 1.29 is 9.90 Å². The SMILES string of the molecule is CCCCc1ncc(Cl)c(C(=O)O)n1. The van der Waals surface area contributed by atoms with Crippen molar-refractivity contribution in [1.29, 1.82) is 0 Å². The molecule has 0 fully saturated rings. The highest BCUT2D eigenvalue weighted by atomic mass is 35.5. The number of unbranched alkanes of at least 4 members (excludes halogenated alkanes) is 1. The van der Waals surface area contributed by atoms with E-state index < -0.39 is 5.97 Å². The quantitative estimate of drug-likeness (QED) is 0.835. The Hall–Kier alpha value is -1.16. The second kappa shape index (κ2) is 4.91. The van der Waals surface area contributed by atoms with Crippen molar-refractivity contribution in [2.45, 2.75) is 26.2 Å². The molecule has 4 nitrogen and oxygen atoms in total. The van der Waals surface area contributed by atoms with E-state index >= 15 is 0 Å². The molecule has 1 aromatic rings. The number of hydrogen-bond acceptors (Lipinski definition) is 3. The molecule has 14 heavy (non-hydrogen) atoms. The number of aryl methyl sites for hydroxylation is 1. The Morgan fingerprint density at radius 3 is 2.93 bits per heavy atom. The van der Waals surface area contributed by atoms with E-state index in [1.165, 1.54) is 6.20 Å². The van der Waals surface area contributed by atoms with Crippen LogP contribution in [0, 0.1) is 0 Å². The Kier molecular flexibility index (Phi) is 3.83. The highest BCUT2D eigenvalue weighted by Gasteiger charge is 2.11. The van der Waals surface area contributed by atoms with Crippen molar-refractivity contribution in [3.8, 4) is 0 Å². The molecule has 1 aromatic heterocycles. The number of aromatic nitrogens is 2. The van der Waals surface area contributed by atoms with Gasteiger partial charge in [0.1, 0.15) is 5.82 Å². The van der Waals surface area contributed by atoms with Crippen molar-refractivity contribution in [3.05, 3.63) is 22.7 Å². The van der Waals surface area contributed by atoms with E-state index in [0.29, 0.717) is 12.2 Å². The van der Waals surface area contributed by atoms with Crippen LogP contribution in [-0.2, 0) is 6.42 Å². The number of carboxylic acids is 1. The van der Waals surface area contributed by atoms with E-state index in [0.717, 1.165) is 12.8 Å². The van der Waals surface area contributed by atoms with Crippen molar-refractivity contribution >= 4 is 17.6 Å². The lowest BCUT2D eigenvalue weighted by Crippen LogP contribution is -2.06. The fourth-order valence-corrected chi connectivity index (χ4v) is 1.18. The summed E-state index contributed by atoms with van der Waals surface area (Å²) in [6.07, 6.45) is 3.99. The first-order valence-corrected chi connectivity index (χ1v) is 4.77. The predicted octanol–water partition coefficient (Wildman–Crippen LogP) is 2.17. The molecule has 0 atom stereocenters. The predicted molar refractivity (Wildman–Crippen MR) is 52.6 cm³/mol. The van der Waals surface area contributed by atoms with Crippen molar-refractivity contribution in [1.82, 2.24) is 9.97 Å². The molecule has 0 radical (unpaired) electrons. The second-order valence-electron chi connectivity index (χ2n) is 2.89. The normalized spacial score (nSPS) is 10.1. The summed E-state index contributed by atoms with van der Waals surface area (Å²) < 4.78 is 0. The van der Waals surface area contributed by atoms with Crippen molar-refractivity contribution in [3.63, 3.8) is 0 Å². The van der Waals surface area contributed by atoms with Gasteiger partial charge in [-0.3, -0.25) is 0 Å². The van der Waals surface area contributed by atoms with Gasteiger partial charge in [0.2, 0.25) is 0 Å². The second-order valence-corrected chi connectivity index (χ2v) is 3.30. The van der Waals surface area contributed by atoms with Crippen LogP contribution < -0.4 is 0 Å². The molecule has 1 rings (SSSR count). The third-order valence-electron chi connectivity index (χ3n) is 1.75. The van der Waals surface area contributed by atoms with E-state index in [9.17, 15) is 4.79 Å². The van der Waals surface area contributed by atoms with Crippen LogP contribution in [0.1, 0.15) is 36.1 Å². The summed E-state index contributed by atoms with van der Waals surface area (Å²) in [5, 5.41) is 8.82. The van der Waals surface area contributed by atoms with E-state index in [1.54, 1.807) is 0 Å². The topological polar surface area (TPSA) is 63.1 Å². The lowest BCUT2D eigenvalue weighted by atomic mass is 10.2. The first kappa shape index (κ1) is 10.9. The zero-order chi connectivity index (χ0) is 10.6. The van der Waals surface area contributed by atoms with E-state index in [4.69, 9.17) is 16.7 Å². The Morgan fingerprint density at radius 2 is 2.36 bits per heavy atom. The number of aromatic carboxylic acids is 1. The monoisotopic (exact) mass is 214 g/mol. The summed E-state index contributed by atoms with van der Waals surface area (Å²) in [7, 11) is 0. The Balaban J connectivity index is 2.89. The first-order chi connectivity index (χ1) is 6.65. The maximum atomic E-state index is 10.7. The van der Waals surface area contributed by atoms with Crippen molar-refractivity contribution in [2.24, 2.45) is 0 Å². The van der Waals surface area contributed by atoms with Gasteiger partial charge in [-0.25, -0.2) is 14.8 Å². The van der Waals surface area contributed by atoms with Gasteiger partial charge in [-0.1, -0.05) is 24.9 Å². The summed E-state index contributed by atoms with van der Waals surface area (Å²) in [4.78, 5) is 18.5. The maximum absolute atomic E-state index is 10.7. The van der Waals surface area contributed by atoms with Gasteiger partial charge in [-0.05, 0) is 6.42 Å². The third-order valence-corrected chi connectivity index (χ3v) is 2.03. The molecular weight excluding hydrogens is 204 g/mol. The van der Waals surface area contributed by atoms with Crippen LogP contribution >= 0.6 is 11.6 Å². The van der Waals surface area contributed by atoms with Gasteiger partial charge in [0.25, 0.3) is 0 Å². The molecule has 0 saturated heterocycles. The van der Waals surface area contributed by atoms with Gasteiger partial charge in [0, 0.05) is 6.42 Å². The standard InChI is InChI=1S/C9H11ClN2O2/c1-2-3-4-7-11-5-6(10)8(12-7)9(13)14/h5H,2-4H2,1H3,(H,13,14). The summed E-state index contributed by atoms with van der Waals surface area (Å²) >= 11 is 5.62. The van der Waals surface area contributed by atoms with Gasteiger partial charge in [-0.2, -0.15) is 0 Å². The van der Waals surface area contributed by atoms with Crippen LogP contribution in [0.3, 0.4) is 0 Å². The van der Waals surface area contributed by atoms with Crippen LogP contribution in [0.4, 0.5) is 0 Å². The van der Waals surface area contributed by atoms with Crippen LogP contribution in [-0.4, -0.2) is 21.0 Å². The summed E-state index contributed by atoms with van der Waals surface area (Å²) in [5.41, 5.74) is -0.118. The number of carbonyl (C=O) groups is 1. The average molecular weight is 215 g/mol. The zero-order valence-electron chi connectivity index (χ0n) is 7.83. The number of hydrogen-bond donors (Lipinski definition) is 1. The number of carboxylic acid groups (broad SMARTS) is 1. The Bertz CT molecular complexity index is 342. The molecule has 5 heteroatoms. The minimum Gasteiger partial charge on any atom is -0.476 e. The molecule has 76 valence electrons. The molecular formula is C9H11ClN2O2. The lowest BCUT2D eigenvalue weighted by molar-refractivity contribution is 0.0690. The van der Waals surface area contributed by atoms with Gasteiger partial charge in [-0.15, -0.1) is 0 Å². The summed E-state index contributed by atoms with van der Waals surface area (Å²) in [6, 6.07) is 0. The summed E-state index contributed by atoms with van der Waals surface area (Å²) in [6.45, 7) is 2.05. The zero-order valence-corrected chi connectivity index (χ0v) is 8.58. The lowest BCUT2D eigenvalue weighted by Gasteiger charge is -2.01. The van der Waals surface area contributed by atoms with Gasteiger partial charge in [0.15, 0.2) is 5.69 Å². The fourth-order valence-electron chi connectivity index (χ4n) is 1.01. The largest absolute Gasteiger partial charge is 0.476 e. The minimum absolute atomic E-state index is 0.0812. The highest BCUT2D eigenvalue weighted by Crippen LogP contribution is 2.12. The molecule has 1 heterocycles. The molecule has 0 saturated carbocycles. The van der Waals surface area contributed by atoms with Gasteiger partial charge >= 0.3 is 5.97 Å². The fraction of sp³-hybridized carbons (Fsp3) is 0.444. The molecule has 0 unspecified atom stereocenters. The molecule has 0 aromatic carbocycles. The average Bonchev–Trinajstić information content (AvgIpc) is 2.16. The minimum atomic E-state index is -1.12. The van der Waals surface area contributed by atoms with Crippen LogP contribution in [0.25, 0.3) is 0 Å². The Morgan fingerprint density at radius 1 is 1.64 bits per heavy atom. The maximum Gasteiger partial charge on any atom is 0.356 e. The van der Waals surface area contributed by atoms with Gasteiger partial charge < -0.3 is 5.11 Å². The smallest absolute Gasteiger partial charge is 0.356 e. The van der Waals surface area contributed by atoms with E-state index in [1.807, 2.05) is 6.92 Å². The van der Waals surface area contributed by atoms with Crippen molar-refractivity contribution in [2.75, 3.05) is 0 Å². The number of nitrogens with zero attached hydrogens (tertiary/aromatic N) is 2. The van der Waals surface area contributed by atoms with E-state index in [2.05, 4.69) is 9.97 Å². The van der Waals surface area contributed by atoms with Crippen LogP contribution in [0.5, 0.6) is 0 Å². The highest BCUT2D eigenvalue weighted by molar-refractivity contribution is 6.33. The Labute approximate surface area is 87.0 Å². The van der Waals surface area contributed by atoms with Gasteiger partial charge in [0.05, 0.1) is 11.2 Å². The number of halogens is 1. The molecule has 0 aliphatic rings. The molecule has 0 aliphatic heterocycles. The molecule has 0 amide bonds. The molecule has 0 aliphatic carbocycles. The van der Waals surface area contributed by atoms with Crippen LogP contribution in [0.2, 0.25) is 5.02 Å². The third kappa shape index (κ3) is 2.67. The van der Waals surface area contributed by atoms with Crippen LogP contribution in [0.15, 0.2) is 6.20 Å². The molecule has 0 bridgehead atoms. The number of rotatable bonds is 4.